The maximum absolute atomic E-state index is 12.4. The lowest BCUT2D eigenvalue weighted by Gasteiger charge is -2.20. The fourth-order valence-electron chi connectivity index (χ4n) is 3.66. The molecule has 3 unspecified atom stereocenters. The molecule has 3 atom stereocenters. The Balaban J connectivity index is 1.60. The number of carbonyl (C=O) groups excluding carboxylic acids is 1. The van der Waals surface area contributed by atoms with E-state index in [0.717, 1.165) is 24.8 Å². The van der Waals surface area contributed by atoms with Gasteiger partial charge in [-0.1, -0.05) is 13.3 Å². The van der Waals surface area contributed by atoms with E-state index in [2.05, 4.69) is 22.0 Å². The number of anilines is 1. The molecule has 154 valence electrons. The van der Waals surface area contributed by atoms with E-state index in [-0.39, 0.29) is 30.2 Å². The van der Waals surface area contributed by atoms with Crippen LogP contribution in [0.4, 0.5) is 11.6 Å². The average molecular weight is 400 g/mol. The Morgan fingerprint density at radius 2 is 2.24 bits per heavy atom. The lowest BCUT2D eigenvalue weighted by molar-refractivity contribution is -0.385. The molecule has 0 bridgehead atoms. The van der Waals surface area contributed by atoms with Gasteiger partial charge < -0.3 is 4.74 Å². The second kappa shape index (κ2) is 7.86. The van der Waals surface area contributed by atoms with Crippen molar-refractivity contribution < 1.29 is 14.5 Å². The van der Waals surface area contributed by atoms with Crippen molar-refractivity contribution in [1.82, 2.24) is 19.7 Å². The van der Waals surface area contributed by atoms with Crippen LogP contribution in [0.3, 0.4) is 0 Å². The van der Waals surface area contributed by atoms with Crippen LogP contribution in [0.15, 0.2) is 18.6 Å². The van der Waals surface area contributed by atoms with Crippen molar-refractivity contribution in [3.63, 3.8) is 0 Å². The van der Waals surface area contributed by atoms with Gasteiger partial charge in [0, 0.05) is 30.8 Å². The number of hydrogen-bond acceptors (Lipinski definition) is 7. The van der Waals surface area contributed by atoms with Gasteiger partial charge >= 0.3 is 5.69 Å². The summed E-state index contributed by atoms with van der Waals surface area (Å²) in [6.07, 6.45) is 7.23. The van der Waals surface area contributed by atoms with Crippen molar-refractivity contribution in [2.24, 2.45) is 11.8 Å². The summed E-state index contributed by atoms with van der Waals surface area (Å²) in [5.41, 5.74) is 1.36. The molecule has 1 saturated carbocycles. The van der Waals surface area contributed by atoms with Crippen molar-refractivity contribution >= 4 is 17.5 Å². The normalized spacial score (nSPS) is 21.3. The third kappa shape index (κ3) is 3.84. The number of hydrogen-bond donors (Lipinski definition) is 0. The average Bonchev–Trinajstić information content (AvgIpc) is 3.16. The number of piperidine rings is 1. The number of fused-ring (bicyclic) bond motifs is 1. The first-order chi connectivity index (χ1) is 14.0. The van der Waals surface area contributed by atoms with E-state index in [1.54, 1.807) is 11.1 Å². The van der Waals surface area contributed by atoms with Gasteiger partial charge in [-0.25, -0.2) is 9.97 Å². The fourth-order valence-corrected chi connectivity index (χ4v) is 3.66. The minimum absolute atomic E-state index is 0.0722. The first kappa shape index (κ1) is 19.4. The molecule has 29 heavy (non-hydrogen) atoms. The van der Waals surface area contributed by atoms with Crippen molar-refractivity contribution in [3.8, 4) is 0 Å². The fraction of sp³-hybridized carbons (Fsp3) is 0.579. The number of nitrogens with zero attached hydrogens (tertiary/aromatic N) is 6. The number of amides is 1. The van der Waals surface area contributed by atoms with Gasteiger partial charge in [0.15, 0.2) is 0 Å². The highest BCUT2D eigenvalue weighted by atomic mass is 16.6. The summed E-state index contributed by atoms with van der Waals surface area (Å²) >= 11 is 0. The Morgan fingerprint density at radius 3 is 2.90 bits per heavy atom. The summed E-state index contributed by atoms with van der Waals surface area (Å²) in [6.45, 7) is 5.53. The van der Waals surface area contributed by atoms with Gasteiger partial charge in [-0.2, -0.15) is 5.10 Å². The smallest absolute Gasteiger partial charge is 0.307 e. The van der Waals surface area contributed by atoms with E-state index in [9.17, 15) is 14.9 Å². The molecule has 1 amide bonds. The lowest BCUT2D eigenvalue weighted by Crippen LogP contribution is -2.30. The molecule has 0 spiro atoms. The molecule has 0 N–H and O–H groups in total. The largest absolute Gasteiger partial charge is 0.375 e. The Bertz CT molecular complexity index is 929. The Kier molecular flexibility index (Phi) is 5.27. The minimum atomic E-state index is -0.477. The molecule has 0 radical (unpaired) electrons. The zero-order valence-electron chi connectivity index (χ0n) is 16.5. The van der Waals surface area contributed by atoms with Gasteiger partial charge in [0.05, 0.1) is 23.3 Å². The monoisotopic (exact) mass is 400 g/mol. The van der Waals surface area contributed by atoms with Crippen LogP contribution >= 0.6 is 0 Å². The molecule has 1 aliphatic carbocycles. The zero-order chi connectivity index (χ0) is 20.5. The summed E-state index contributed by atoms with van der Waals surface area (Å²) in [7, 11) is 0. The molecule has 1 aliphatic heterocycles. The Labute approximate surface area is 168 Å². The van der Waals surface area contributed by atoms with Crippen molar-refractivity contribution in [2.45, 2.75) is 45.8 Å². The summed E-state index contributed by atoms with van der Waals surface area (Å²) in [4.78, 5) is 33.6. The molecule has 2 fully saturated rings. The summed E-state index contributed by atoms with van der Waals surface area (Å²) in [5, 5.41) is 15.1. The van der Waals surface area contributed by atoms with Crippen LogP contribution in [0.2, 0.25) is 0 Å². The van der Waals surface area contributed by atoms with Crippen LogP contribution in [-0.2, 0) is 16.1 Å². The molecule has 2 aliphatic rings. The maximum atomic E-state index is 12.4. The van der Waals surface area contributed by atoms with E-state index < -0.39 is 4.92 Å². The van der Waals surface area contributed by atoms with Gasteiger partial charge in [-0.05, 0) is 25.7 Å². The molecule has 10 heteroatoms. The molecule has 2 aromatic heterocycles. The molecule has 2 aromatic rings. The molecule has 0 aromatic carbocycles. The summed E-state index contributed by atoms with van der Waals surface area (Å²) in [5.74, 6) is 1.06. The van der Waals surface area contributed by atoms with E-state index >= 15 is 0 Å². The molecule has 4 rings (SSSR count). The molecule has 1 saturated heterocycles. The first-order valence-electron chi connectivity index (χ1n) is 9.93. The Hall–Kier alpha value is -2.88. The maximum Gasteiger partial charge on any atom is 0.307 e. The predicted octanol–water partition coefficient (Wildman–Crippen LogP) is 2.49. The second-order valence-corrected chi connectivity index (χ2v) is 7.64. The second-order valence-electron chi connectivity index (χ2n) is 7.64. The number of aromatic nitrogens is 4. The number of unbranched alkanes of at least 4 members (excludes halogenated alkanes) is 1. The lowest BCUT2D eigenvalue weighted by atomic mass is 10.1. The molecule has 3 heterocycles. The third-order valence-electron chi connectivity index (χ3n) is 5.58. The van der Waals surface area contributed by atoms with Crippen molar-refractivity contribution in [3.05, 3.63) is 40.0 Å². The van der Waals surface area contributed by atoms with Gasteiger partial charge in [-0.3, -0.25) is 24.5 Å². The van der Waals surface area contributed by atoms with E-state index in [0.29, 0.717) is 30.7 Å². The highest BCUT2D eigenvalue weighted by Gasteiger charge is 2.53. The van der Waals surface area contributed by atoms with Crippen molar-refractivity contribution in [1.29, 1.82) is 0 Å². The SMILES string of the molecule is CCCCOCc1nc(N2CC3CC3C2=O)ncc1C(C)n1cc([N+](=O)[O-])cn1. The van der Waals surface area contributed by atoms with E-state index in [1.807, 2.05) is 6.92 Å². The topological polar surface area (TPSA) is 116 Å². The first-order valence-corrected chi connectivity index (χ1v) is 9.93. The zero-order valence-corrected chi connectivity index (χ0v) is 16.5. The predicted molar refractivity (Wildman–Crippen MR) is 103 cm³/mol. The van der Waals surface area contributed by atoms with Crippen LogP contribution in [0.5, 0.6) is 0 Å². The van der Waals surface area contributed by atoms with E-state index in [1.165, 1.54) is 17.1 Å². The van der Waals surface area contributed by atoms with Gasteiger partial charge in [0.1, 0.15) is 12.4 Å². The molecular formula is C19H24N6O4. The molecule has 10 nitrogen and oxygen atoms in total. The number of carbonyl (C=O) groups is 1. The van der Waals surface area contributed by atoms with Crippen LogP contribution in [0, 0.1) is 22.0 Å². The van der Waals surface area contributed by atoms with Gasteiger partial charge in [-0.15, -0.1) is 0 Å². The van der Waals surface area contributed by atoms with Crippen LogP contribution in [0.1, 0.15) is 50.4 Å². The van der Waals surface area contributed by atoms with Crippen molar-refractivity contribution in [2.75, 3.05) is 18.1 Å². The van der Waals surface area contributed by atoms with Crippen LogP contribution < -0.4 is 4.90 Å². The third-order valence-corrected chi connectivity index (χ3v) is 5.58. The number of rotatable bonds is 9. The summed E-state index contributed by atoms with van der Waals surface area (Å²) < 4.78 is 7.29. The highest BCUT2D eigenvalue weighted by molar-refractivity contribution is 5.98. The highest BCUT2D eigenvalue weighted by Crippen LogP contribution is 2.46. The van der Waals surface area contributed by atoms with Crippen LogP contribution in [-0.4, -0.2) is 43.7 Å². The molecular weight excluding hydrogens is 376 g/mol. The quantitative estimate of drug-likeness (QED) is 0.361. The summed E-state index contributed by atoms with van der Waals surface area (Å²) in [6, 6.07) is -0.315. The number of nitro groups is 1. The van der Waals surface area contributed by atoms with Gasteiger partial charge in [0.2, 0.25) is 11.9 Å². The Morgan fingerprint density at radius 1 is 1.41 bits per heavy atom. The van der Waals surface area contributed by atoms with Gasteiger partial charge in [0.25, 0.3) is 0 Å². The number of ether oxygens (including phenoxy) is 1. The van der Waals surface area contributed by atoms with Crippen LogP contribution in [0.25, 0.3) is 0 Å². The standard InChI is InChI=1S/C19H24N6O4/c1-3-4-5-29-11-17-16(12(2)24-10-14(7-21-24)25(27)28)8-20-19(22-17)23-9-13-6-15(13)18(23)26/h7-8,10,12-13,15H,3-6,9,11H2,1-2H3. The minimum Gasteiger partial charge on any atom is -0.375 e. The van der Waals surface area contributed by atoms with E-state index in [4.69, 9.17) is 4.74 Å².